The third-order valence-corrected chi connectivity index (χ3v) is 2.99. The average Bonchev–Trinajstić information content (AvgIpc) is 2.85. The van der Waals surface area contributed by atoms with Crippen molar-refractivity contribution < 1.29 is 5.11 Å². The number of aromatic nitrogens is 2. The maximum absolute atomic E-state index is 9.22. The minimum absolute atomic E-state index is 0.244. The zero-order chi connectivity index (χ0) is 9.97. The lowest BCUT2D eigenvalue weighted by Crippen LogP contribution is -2.18. The Labute approximate surface area is 84.0 Å². The van der Waals surface area contributed by atoms with Gasteiger partial charge in [0.05, 0.1) is 0 Å². The molecular weight excluding hydrogens is 178 g/mol. The van der Waals surface area contributed by atoms with Crippen LogP contribution in [0.5, 0.6) is 0 Å². The van der Waals surface area contributed by atoms with Gasteiger partial charge in [-0.25, -0.2) is 4.98 Å². The third kappa shape index (κ3) is 1.55. The highest BCUT2D eigenvalue weighted by Crippen LogP contribution is 2.26. The molecule has 0 aliphatic carbocycles. The van der Waals surface area contributed by atoms with Gasteiger partial charge in [0.2, 0.25) is 0 Å². The predicted molar refractivity (Wildman–Crippen MR) is 54.1 cm³/mol. The Balaban J connectivity index is 2.21. The summed E-state index contributed by atoms with van der Waals surface area (Å²) < 4.78 is 2.15. The normalized spacial score (nSPS) is 27.0. The summed E-state index contributed by atoms with van der Waals surface area (Å²) in [5, 5.41) is 12.5. The van der Waals surface area contributed by atoms with Gasteiger partial charge in [-0.05, 0) is 6.92 Å². The van der Waals surface area contributed by atoms with Crippen LogP contribution >= 0.6 is 0 Å². The number of nitrogens with zero attached hydrogens (tertiary/aromatic N) is 2. The van der Waals surface area contributed by atoms with E-state index in [1.807, 2.05) is 12.4 Å². The topological polar surface area (TPSA) is 50.1 Å². The molecule has 1 aliphatic rings. The zero-order valence-corrected chi connectivity index (χ0v) is 8.48. The maximum Gasteiger partial charge on any atom is 0.113 e. The van der Waals surface area contributed by atoms with Crippen LogP contribution in [-0.4, -0.2) is 34.4 Å². The van der Waals surface area contributed by atoms with Gasteiger partial charge in [0.1, 0.15) is 5.82 Å². The standard InChI is InChI=1S/C10H17N3O/c1-2-13-4-3-12-10(13)9-6-11-5-8(9)7-14/h3-4,8-9,11,14H,2,5-7H2,1H3/t8-,9+/m0/s1. The van der Waals surface area contributed by atoms with Crippen molar-refractivity contribution in [2.24, 2.45) is 5.92 Å². The number of rotatable bonds is 3. The second kappa shape index (κ2) is 4.11. The van der Waals surface area contributed by atoms with Crippen LogP contribution in [0.3, 0.4) is 0 Å². The van der Waals surface area contributed by atoms with Gasteiger partial charge < -0.3 is 15.0 Å². The van der Waals surface area contributed by atoms with E-state index in [-0.39, 0.29) is 6.61 Å². The molecule has 14 heavy (non-hydrogen) atoms. The molecule has 1 saturated heterocycles. The van der Waals surface area contributed by atoms with Crippen LogP contribution in [0.4, 0.5) is 0 Å². The Morgan fingerprint density at radius 2 is 2.50 bits per heavy atom. The molecule has 0 aromatic carbocycles. The number of nitrogens with one attached hydrogen (secondary N) is 1. The molecule has 0 bridgehead atoms. The van der Waals surface area contributed by atoms with Crippen LogP contribution in [0, 0.1) is 5.92 Å². The molecule has 1 aromatic heterocycles. The van der Waals surface area contributed by atoms with Crippen LogP contribution in [0.1, 0.15) is 18.7 Å². The van der Waals surface area contributed by atoms with Gasteiger partial charge in [-0.3, -0.25) is 0 Å². The first-order valence-corrected chi connectivity index (χ1v) is 5.19. The van der Waals surface area contributed by atoms with E-state index in [0.29, 0.717) is 11.8 Å². The maximum atomic E-state index is 9.22. The van der Waals surface area contributed by atoms with Crippen molar-refractivity contribution in [3.63, 3.8) is 0 Å². The molecule has 1 fully saturated rings. The molecule has 1 aromatic rings. The molecule has 2 atom stereocenters. The molecule has 0 spiro atoms. The van der Waals surface area contributed by atoms with Crippen molar-refractivity contribution in [2.45, 2.75) is 19.4 Å². The van der Waals surface area contributed by atoms with Gasteiger partial charge in [0.25, 0.3) is 0 Å². The number of hydrogen-bond acceptors (Lipinski definition) is 3. The lowest BCUT2D eigenvalue weighted by atomic mass is 9.96. The van der Waals surface area contributed by atoms with Gasteiger partial charge in [-0.15, -0.1) is 0 Å². The molecule has 2 rings (SSSR count). The van der Waals surface area contributed by atoms with E-state index in [2.05, 4.69) is 21.8 Å². The Kier molecular flexibility index (Phi) is 2.84. The van der Waals surface area contributed by atoms with Gasteiger partial charge in [0, 0.05) is 50.5 Å². The predicted octanol–water partition coefficient (Wildman–Crippen LogP) is 0.198. The van der Waals surface area contributed by atoms with E-state index in [1.165, 1.54) is 0 Å². The highest BCUT2D eigenvalue weighted by atomic mass is 16.3. The molecule has 0 saturated carbocycles. The summed E-state index contributed by atoms with van der Waals surface area (Å²) in [6.07, 6.45) is 3.84. The summed E-state index contributed by atoms with van der Waals surface area (Å²) in [7, 11) is 0. The van der Waals surface area contributed by atoms with Gasteiger partial charge >= 0.3 is 0 Å². The first kappa shape index (κ1) is 9.68. The minimum Gasteiger partial charge on any atom is -0.396 e. The molecule has 4 nitrogen and oxygen atoms in total. The number of aliphatic hydroxyl groups excluding tert-OH is 1. The van der Waals surface area contributed by atoms with Crippen LogP contribution in [-0.2, 0) is 6.54 Å². The number of aryl methyl sites for hydroxylation is 1. The van der Waals surface area contributed by atoms with E-state index >= 15 is 0 Å². The quantitative estimate of drug-likeness (QED) is 0.724. The molecular formula is C10H17N3O. The summed E-state index contributed by atoms with van der Waals surface area (Å²) >= 11 is 0. The van der Waals surface area contributed by atoms with Gasteiger partial charge in [-0.2, -0.15) is 0 Å². The third-order valence-electron chi connectivity index (χ3n) is 2.99. The fourth-order valence-corrected chi connectivity index (χ4v) is 2.14. The Morgan fingerprint density at radius 3 is 3.21 bits per heavy atom. The lowest BCUT2D eigenvalue weighted by Gasteiger charge is -2.16. The molecule has 78 valence electrons. The molecule has 2 heterocycles. The summed E-state index contributed by atoms with van der Waals surface area (Å²) in [5.41, 5.74) is 0. The van der Waals surface area contributed by atoms with E-state index in [0.717, 1.165) is 25.5 Å². The molecule has 4 heteroatoms. The highest BCUT2D eigenvalue weighted by Gasteiger charge is 2.30. The first-order chi connectivity index (χ1) is 6.86. The lowest BCUT2D eigenvalue weighted by molar-refractivity contribution is 0.223. The smallest absolute Gasteiger partial charge is 0.113 e. The van der Waals surface area contributed by atoms with E-state index in [1.54, 1.807) is 0 Å². The van der Waals surface area contributed by atoms with Crippen molar-refractivity contribution in [1.29, 1.82) is 0 Å². The van der Waals surface area contributed by atoms with E-state index < -0.39 is 0 Å². The van der Waals surface area contributed by atoms with E-state index in [4.69, 9.17) is 0 Å². The van der Waals surface area contributed by atoms with Crippen LogP contribution in [0.15, 0.2) is 12.4 Å². The Hall–Kier alpha value is -0.870. The summed E-state index contributed by atoms with van der Waals surface area (Å²) in [5.74, 6) is 1.80. The van der Waals surface area contributed by atoms with Crippen molar-refractivity contribution >= 4 is 0 Å². The van der Waals surface area contributed by atoms with Crippen LogP contribution < -0.4 is 5.32 Å². The second-order valence-corrected chi connectivity index (χ2v) is 3.78. The largest absolute Gasteiger partial charge is 0.396 e. The van der Waals surface area contributed by atoms with Crippen LogP contribution in [0.25, 0.3) is 0 Å². The van der Waals surface area contributed by atoms with Crippen molar-refractivity contribution in [3.8, 4) is 0 Å². The van der Waals surface area contributed by atoms with Gasteiger partial charge in [0.15, 0.2) is 0 Å². The monoisotopic (exact) mass is 195 g/mol. The second-order valence-electron chi connectivity index (χ2n) is 3.78. The number of hydrogen-bond donors (Lipinski definition) is 2. The number of aliphatic hydroxyl groups is 1. The van der Waals surface area contributed by atoms with E-state index in [9.17, 15) is 5.11 Å². The minimum atomic E-state index is 0.244. The Bertz CT molecular complexity index is 297. The fourth-order valence-electron chi connectivity index (χ4n) is 2.14. The van der Waals surface area contributed by atoms with Crippen molar-refractivity contribution in [2.75, 3.05) is 19.7 Å². The van der Waals surface area contributed by atoms with Crippen molar-refractivity contribution in [1.82, 2.24) is 14.9 Å². The Morgan fingerprint density at radius 1 is 1.64 bits per heavy atom. The fraction of sp³-hybridized carbons (Fsp3) is 0.700. The summed E-state index contributed by atoms with van der Waals surface area (Å²) in [6.45, 7) is 5.14. The van der Waals surface area contributed by atoms with Crippen LogP contribution in [0.2, 0.25) is 0 Å². The molecule has 2 N–H and O–H groups in total. The molecule has 1 aliphatic heterocycles. The molecule has 0 radical (unpaired) electrons. The molecule has 0 amide bonds. The first-order valence-electron chi connectivity index (χ1n) is 5.19. The average molecular weight is 195 g/mol. The highest BCUT2D eigenvalue weighted by molar-refractivity contribution is 5.06. The summed E-state index contributed by atoms with van der Waals surface area (Å²) in [6, 6.07) is 0. The SMILES string of the molecule is CCn1ccnc1[C@@H]1CNC[C@H]1CO. The van der Waals surface area contributed by atoms with Crippen molar-refractivity contribution in [3.05, 3.63) is 18.2 Å². The molecule has 0 unspecified atom stereocenters. The number of imidazole rings is 1. The van der Waals surface area contributed by atoms with Gasteiger partial charge in [-0.1, -0.05) is 0 Å². The zero-order valence-electron chi connectivity index (χ0n) is 8.48. The summed E-state index contributed by atoms with van der Waals surface area (Å²) in [4.78, 5) is 4.38.